The molecular weight excluding hydrogens is 194 g/mol. The highest BCUT2D eigenvalue weighted by Gasteiger charge is 2.24. The van der Waals surface area contributed by atoms with E-state index in [4.69, 9.17) is 0 Å². The SMILES string of the molecule is C=CC(=O)N1Cc2sccc2[C@H](C)C1. The maximum Gasteiger partial charge on any atom is 0.246 e. The van der Waals surface area contributed by atoms with Crippen LogP contribution in [0.1, 0.15) is 23.3 Å². The normalized spacial score (nSPS) is 20.4. The lowest BCUT2D eigenvalue weighted by molar-refractivity contribution is -0.127. The number of fused-ring (bicyclic) bond motifs is 1. The van der Waals surface area contributed by atoms with E-state index in [0.29, 0.717) is 5.92 Å². The fourth-order valence-electron chi connectivity index (χ4n) is 1.88. The molecule has 0 fully saturated rings. The summed E-state index contributed by atoms with van der Waals surface area (Å²) in [4.78, 5) is 14.6. The number of nitrogens with zero attached hydrogens (tertiary/aromatic N) is 1. The van der Waals surface area contributed by atoms with Crippen molar-refractivity contribution in [2.75, 3.05) is 6.54 Å². The van der Waals surface area contributed by atoms with Crippen molar-refractivity contribution < 1.29 is 4.79 Å². The van der Waals surface area contributed by atoms with Crippen LogP contribution in [0.3, 0.4) is 0 Å². The fourth-order valence-corrected chi connectivity index (χ4v) is 2.90. The minimum absolute atomic E-state index is 0.0379. The first-order valence-electron chi connectivity index (χ1n) is 4.70. The molecule has 1 aromatic rings. The lowest BCUT2D eigenvalue weighted by atomic mass is 9.97. The number of carbonyl (C=O) groups excluding carboxylic acids is 1. The molecule has 1 aromatic heterocycles. The predicted molar refractivity (Wildman–Crippen MR) is 58.3 cm³/mol. The van der Waals surface area contributed by atoms with Crippen molar-refractivity contribution >= 4 is 17.2 Å². The van der Waals surface area contributed by atoms with Crippen molar-refractivity contribution in [1.29, 1.82) is 0 Å². The zero-order chi connectivity index (χ0) is 10.1. The van der Waals surface area contributed by atoms with Crippen LogP contribution < -0.4 is 0 Å². The Morgan fingerprint density at radius 2 is 2.57 bits per heavy atom. The lowest BCUT2D eigenvalue weighted by Gasteiger charge is -2.30. The van der Waals surface area contributed by atoms with Gasteiger partial charge in [0.2, 0.25) is 5.91 Å². The molecular formula is C11H13NOS. The topological polar surface area (TPSA) is 20.3 Å². The lowest BCUT2D eigenvalue weighted by Crippen LogP contribution is -2.35. The van der Waals surface area contributed by atoms with Gasteiger partial charge in [-0.3, -0.25) is 4.79 Å². The molecule has 0 saturated heterocycles. The van der Waals surface area contributed by atoms with Crippen LogP contribution in [0.15, 0.2) is 24.1 Å². The summed E-state index contributed by atoms with van der Waals surface area (Å²) in [6, 6.07) is 2.17. The van der Waals surface area contributed by atoms with Crippen LogP contribution >= 0.6 is 11.3 Å². The molecule has 0 spiro atoms. The van der Waals surface area contributed by atoms with Gasteiger partial charge < -0.3 is 4.90 Å². The van der Waals surface area contributed by atoms with E-state index in [2.05, 4.69) is 24.9 Å². The molecule has 0 bridgehead atoms. The summed E-state index contributed by atoms with van der Waals surface area (Å²) in [5, 5.41) is 2.10. The van der Waals surface area contributed by atoms with Crippen molar-refractivity contribution in [1.82, 2.24) is 4.90 Å². The minimum atomic E-state index is 0.0379. The van der Waals surface area contributed by atoms with Crippen LogP contribution in [0.25, 0.3) is 0 Å². The van der Waals surface area contributed by atoms with E-state index >= 15 is 0 Å². The highest BCUT2D eigenvalue weighted by atomic mass is 32.1. The second-order valence-electron chi connectivity index (χ2n) is 3.62. The smallest absolute Gasteiger partial charge is 0.246 e. The quantitative estimate of drug-likeness (QED) is 0.647. The molecule has 14 heavy (non-hydrogen) atoms. The van der Waals surface area contributed by atoms with Gasteiger partial charge >= 0.3 is 0 Å². The Kier molecular flexibility index (Phi) is 2.42. The molecule has 1 atom stereocenters. The second kappa shape index (κ2) is 3.58. The van der Waals surface area contributed by atoms with Crippen LogP contribution in [0.5, 0.6) is 0 Å². The predicted octanol–water partition coefficient (Wildman–Crippen LogP) is 2.38. The molecule has 74 valence electrons. The standard InChI is InChI=1S/C11H13NOS/c1-3-11(13)12-6-8(2)9-4-5-14-10(9)7-12/h3-5,8H,1,6-7H2,2H3/t8-/m1/s1. The Hall–Kier alpha value is -1.09. The molecule has 3 heteroatoms. The Labute approximate surface area is 87.9 Å². The monoisotopic (exact) mass is 207 g/mol. The van der Waals surface area contributed by atoms with Gasteiger partial charge in [0.25, 0.3) is 0 Å². The third-order valence-electron chi connectivity index (χ3n) is 2.63. The minimum Gasteiger partial charge on any atom is -0.333 e. The average molecular weight is 207 g/mol. The Morgan fingerprint density at radius 3 is 3.29 bits per heavy atom. The zero-order valence-corrected chi connectivity index (χ0v) is 9.01. The van der Waals surface area contributed by atoms with Gasteiger partial charge in [0.05, 0.1) is 6.54 Å². The van der Waals surface area contributed by atoms with Crippen LogP contribution in [0, 0.1) is 0 Å². The van der Waals surface area contributed by atoms with Crippen molar-refractivity contribution in [2.45, 2.75) is 19.4 Å². The molecule has 2 rings (SSSR count). The average Bonchev–Trinajstić information content (AvgIpc) is 2.64. The molecule has 0 unspecified atom stereocenters. The van der Waals surface area contributed by atoms with Gasteiger partial charge in [-0.1, -0.05) is 13.5 Å². The largest absolute Gasteiger partial charge is 0.333 e. The molecule has 1 aliphatic heterocycles. The molecule has 0 radical (unpaired) electrons. The first kappa shape index (κ1) is 9.46. The summed E-state index contributed by atoms with van der Waals surface area (Å²) in [5.74, 6) is 0.491. The van der Waals surface area contributed by atoms with Crippen molar-refractivity contribution in [2.24, 2.45) is 0 Å². The number of rotatable bonds is 1. The molecule has 0 N–H and O–H groups in total. The third kappa shape index (κ3) is 1.48. The van der Waals surface area contributed by atoms with Gasteiger partial charge in [0.1, 0.15) is 0 Å². The van der Waals surface area contributed by atoms with E-state index in [1.54, 1.807) is 11.3 Å². The Bertz CT molecular complexity index is 369. The van der Waals surface area contributed by atoms with Crippen molar-refractivity contribution in [3.63, 3.8) is 0 Å². The summed E-state index contributed by atoms with van der Waals surface area (Å²) in [7, 11) is 0. The van der Waals surface area contributed by atoms with E-state index < -0.39 is 0 Å². The van der Waals surface area contributed by atoms with Gasteiger partial charge in [0, 0.05) is 11.4 Å². The first-order chi connectivity index (χ1) is 6.72. The maximum absolute atomic E-state index is 11.5. The molecule has 2 nitrogen and oxygen atoms in total. The first-order valence-corrected chi connectivity index (χ1v) is 5.58. The van der Waals surface area contributed by atoms with E-state index in [1.165, 1.54) is 16.5 Å². The Balaban J connectivity index is 2.25. The van der Waals surface area contributed by atoms with Crippen LogP contribution in [0.2, 0.25) is 0 Å². The number of carbonyl (C=O) groups is 1. The third-order valence-corrected chi connectivity index (χ3v) is 3.55. The van der Waals surface area contributed by atoms with Gasteiger partial charge in [0.15, 0.2) is 0 Å². The van der Waals surface area contributed by atoms with E-state index in [-0.39, 0.29) is 5.91 Å². The van der Waals surface area contributed by atoms with Crippen molar-refractivity contribution in [3.8, 4) is 0 Å². The van der Waals surface area contributed by atoms with Crippen LogP contribution in [-0.4, -0.2) is 17.4 Å². The summed E-state index contributed by atoms with van der Waals surface area (Å²) in [6.45, 7) is 7.24. The van der Waals surface area contributed by atoms with E-state index in [0.717, 1.165) is 13.1 Å². The fraction of sp³-hybridized carbons (Fsp3) is 0.364. The molecule has 1 aliphatic rings. The molecule has 0 aromatic carbocycles. The van der Waals surface area contributed by atoms with Crippen molar-refractivity contribution in [3.05, 3.63) is 34.5 Å². The molecule has 0 aliphatic carbocycles. The highest BCUT2D eigenvalue weighted by Crippen LogP contribution is 2.31. The molecule has 0 saturated carbocycles. The maximum atomic E-state index is 11.5. The van der Waals surface area contributed by atoms with E-state index in [9.17, 15) is 4.79 Å². The van der Waals surface area contributed by atoms with Gasteiger partial charge in [-0.25, -0.2) is 0 Å². The summed E-state index contributed by atoms with van der Waals surface area (Å²) >= 11 is 1.73. The van der Waals surface area contributed by atoms with Gasteiger partial charge in [-0.15, -0.1) is 11.3 Å². The van der Waals surface area contributed by atoms with Gasteiger partial charge in [-0.2, -0.15) is 0 Å². The molecule has 1 amide bonds. The number of hydrogen-bond donors (Lipinski definition) is 0. The van der Waals surface area contributed by atoms with Crippen LogP contribution in [-0.2, 0) is 11.3 Å². The van der Waals surface area contributed by atoms with Crippen LogP contribution in [0.4, 0.5) is 0 Å². The van der Waals surface area contributed by atoms with E-state index in [1.807, 2.05) is 4.90 Å². The summed E-state index contributed by atoms with van der Waals surface area (Å²) in [5.41, 5.74) is 1.41. The number of amides is 1. The highest BCUT2D eigenvalue weighted by molar-refractivity contribution is 7.10. The Morgan fingerprint density at radius 1 is 1.79 bits per heavy atom. The zero-order valence-electron chi connectivity index (χ0n) is 8.19. The number of hydrogen-bond acceptors (Lipinski definition) is 2. The summed E-state index contributed by atoms with van der Waals surface area (Å²) < 4.78 is 0. The molecule has 2 heterocycles. The van der Waals surface area contributed by atoms with Gasteiger partial charge in [-0.05, 0) is 29.0 Å². The number of thiophene rings is 1. The summed E-state index contributed by atoms with van der Waals surface area (Å²) in [6.07, 6.45) is 1.39. The second-order valence-corrected chi connectivity index (χ2v) is 4.62.